The number of rotatable bonds is 7. The number of amides is 2. The zero-order chi connectivity index (χ0) is 16.5. The van der Waals surface area contributed by atoms with Gasteiger partial charge in [0.25, 0.3) is 0 Å². The molecule has 2 N–H and O–H groups in total. The molecule has 23 heavy (non-hydrogen) atoms. The number of hydrogen-bond donors (Lipinski definition) is 2. The van der Waals surface area contributed by atoms with Crippen LogP contribution in [0.3, 0.4) is 0 Å². The van der Waals surface area contributed by atoms with E-state index in [4.69, 9.17) is 9.47 Å². The van der Waals surface area contributed by atoms with Gasteiger partial charge in [0.15, 0.2) is 11.5 Å². The first-order valence-electron chi connectivity index (χ1n) is 7.53. The summed E-state index contributed by atoms with van der Waals surface area (Å²) < 4.78 is 10.4. The summed E-state index contributed by atoms with van der Waals surface area (Å²) in [5.74, 6) is 1.20. The molecule has 0 atom stereocenters. The predicted molar refractivity (Wildman–Crippen MR) is 91.3 cm³/mol. The Morgan fingerprint density at radius 3 is 2.43 bits per heavy atom. The third-order valence-corrected chi connectivity index (χ3v) is 3.41. The first kappa shape index (κ1) is 16.7. The number of urea groups is 1. The van der Waals surface area contributed by atoms with Crippen LogP contribution in [0.5, 0.6) is 11.5 Å². The van der Waals surface area contributed by atoms with Crippen LogP contribution in [0, 0.1) is 0 Å². The molecule has 0 fully saturated rings. The van der Waals surface area contributed by atoms with Gasteiger partial charge in [0.05, 0.1) is 14.2 Å². The molecule has 5 heteroatoms. The highest BCUT2D eigenvalue weighted by Gasteiger charge is 2.06. The average Bonchev–Trinajstić information content (AvgIpc) is 2.59. The van der Waals surface area contributed by atoms with Gasteiger partial charge in [-0.05, 0) is 30.5 Å². The summed E-state index contributed by atoms with van der Waals surface area (Å²) in [5.41, 5.74) is 1.93. The molecule has 2 rings (SSSR count). The highest BCUT2D eigenvalue weighted by molar-refractivity contribution is 5.89. The number of carbonyl (C=O) groups is 1. The highest BCUT2D eigenvalue weighted by Crippen LogP contribution is 2.29. The van der Waals surface area contributed by atoms with Gasteiger partial charge in [-0.25, -0.2) is 4.79 Å². The van der Waals surface area contributed by atoms with Crippen molar-refractivity contribution in [3.05, 3.63) is 54.1 Å². The van der Waals surface area contributed by atoms with Crippen molar-refractivity contribution in [2.45, 2.75) is 12.8 Å². The van der Waals surface area contributed by atoms with Crippen LogP contribution >= 0.6 is 0 Å². The summed E-state index contributed by atoms with van der Waals surface area (Å²) in [4.78, 5) is 11.9. The van der Waals surface area contributed by atoms with Crippen molar-refractivity contribution in [1.82, 2.24) is 5.32 Å². The maximum absolute atomic E-state index is 11.9. The third-order valence-electron chi connectivity index (χ3n) is 3.41. The molecule has 0 aliphatic heterocycles. The van der Waals surface area contributed by atoms with E-state index in [1.54, 1.807) is 32.4 Å². The van der Waals surface area contributed by atoms with E-state index in [-0.39, 0.29) is 6.03 Å². The van der Waals surface area contributed by atoms with Crippen LogP contribution in [0.1, 0.15) is 12.0 Å². The zero-order valence-electron chi connectivity index (χ0n) is 13.5. The van der Waals surface area contributed by atoms with E-state index >= 15 is 0 Å². The molecule has 0 saturated carbocycles. The summed E-state index contributed by atoms with van der Waals surface area (Å²) >= 11 is 0. The maximum Gasteiger partial charge on any atom is 0.319 e. The SMILES string of the molecule is COc1ccc(NC(=O)NCCCc2ccccc2)cc1OC. The van der Waals surface area contributed by atoms with Crippen LogP contribution in [0.4, 0.5) is 10.5 Å². The van der Waals surface area contributed by atoms with Crippen LogP contribution < -0.4 is 20.1 Å². The van der Waals surface area contributed by atoms with Gasteiger partial charge in [0, 0.05) is 18.3 Å². The largest absolute Gasteiger partial charge is 0.493 e. The van der Waals surface area contributed by atoms with Crippen molar-refractivity contribution in [3.8, 4) is 11.5 Å². The van der Waals surface area contributed by atoms with Gasteiger partial charge in [-0.2, -0.15) is 0 Å². The van der Waals surface area contributed by atoms with Crippen molar-refractivity contribution in [1.29, 1.82) is 0 Å². The number of hydrogen-bond acceptors (Lipinski definition) is 3. The average molecular weight is 314 g/mol. The Labute approximate surface area is 136 Å². The Balaban J connectivity index is 1.76. The fourth-order valence-corrected chi connectivity index (χ4v) is 2.23. The van der Waals surface area contributed by atoms with Crippen LogP contribution in [-0.2, 0) is 6.42 Å². The van der Waals surface area contributed by atoms with E-state index < -0.39 is 0 Å². The number of aryl methyl sites for hydroxylation is 1. The Morgan fingerprint density at radius 2 is 1.74 bits per heavy atom. The molecular weight excluding hydrogens is 292 g/mol. The van der Waals surface area contributed by atoms with Gasteiger partial charge >= 0.3 is 6.03 Å². The molecule has 122 valence electrons. The van der Waals surface area contributed by atoms with E-state index in [1.807, 2.05) is 18.2 Å². The molecule has 0 aliphatic rings. The van der Waals surface area contributed by atoms with Crippen LogP contribution in [0.15, 0.2) is 48.5 Å². The topological polar surface area (TPSA) is 59.6 Å². The second-order valence-corrected chi connectivity index (χ2v) is 5.04. The van der Waals surface area contributed by atoms with Gasteiger partial charge < -0.3 is 20.1 Å². The van der Waals surface area contributed by atoms with E-state index in [0.29, 0.717) is 23.7 Å². The second-order valence-electron chi connectivity index (χ2n) is 5.04. The molecule has 0 saturated heterocycles. The minimum Gasteiger partial charge on any atom is -0.493 e. The first-order valence-corrected chi connectivity index (χ1v) is 7.53. The van der Waals surface area contributed by atoms with E-state index in [0.717, 1.165) is 12.8 Å². The van der Waals surface area contributed by atoms with Crippen molar-refractivity contribution in [2.24, 2.45) is 0 Å². The van der Waals surface area contributed by atoms with Gasteiger partial charge in [-0.3, -0.25) is 0 Å². The van der Waals surface area contributed by atoms with Crippen LogP contribution in [0.2, 0.25) is 0 Å². The van der Waals surface area contributed by atoms with E-state index in [9.17, 15) is 4.79 Å². The molecule has 0 heterocycles. The normalized spacial score (nSPS) is 10.0. The Kier molecular flexibility index (Phi) is 6.29. The third kappa shape index (κ3) is 5.21. The summed E-state index contributed by atoms with van der Waals surface area (Å²) in [7, 11) is 3.13. The number of ether oxygens (including phenoxy) is 2. The van der Waals surface area contributed by atoms with Crippen molar-refractivity contribution in [2.75, 3.05) is 26.1 Å². The summed E-state index contributed by atoms with van der Waals surface area (Å²) in [6.45, 7) is 0.619. The lowest BCUT2D eigenvalue weighted by Crippen LogP contribution is -2.29. The lowest BCUT2D eigenvalue weighted by molar-refractivity contribution is 0.252. The lowest BCUT2D eigenvalue weighted by atomic mass is 10.1. The maximum atomic E-state index is 11.9. The molecule has 2 aromatic rings. The van der Waals surface area contributed by atoms with E-state index in [2.05, 4.69) is 22.8 Å². The van der Waals surface area contributed by atoms with Gasteiger partial charge in [0.1, 0.15) is 0 Å². The molecule has 2 aromatic carbocycles. The molecule has 5 nitrogen and oxygen atoms in total. The minimum atomic E-state index is -0.231. The van der Waals surface area contributed by atoms with E-state index in [1.165, 1.54) is 5.56 Å². The molecule has 0 aliphatic carbocycles. The smallest absolute Gasteiger partial charge is 0.319 e. The highest BCUT2D eigenvalue weighted by atomic mass is 16.5. The van der Waals surface area contributed by atoms with Gasteiger partial charge in [0.2, 0.25) is 0 Å². The Morgan fingerprint density at radius 1 is 1.00 bits per heavy atom. The number of methoxy groups -OCH3 is 2. The second kappa shape index (κ2) is 8.68. The van der Waals surface area contributed by atoms with Crippen molar-refractivity contribution >= 4 is 11.7 Å². The first-order chi connectivity index (χ1) is 11.2. The summed E-state index contributed by atoms with van der Waals surface area (Å²) in [6.07, 6.45) is 1.83. The summed E-state index contributed by atoms with van der Waals surface area (Å²) in [6, 6.07) is 15.2. The van der Waals surface area contributed by atoms with Crippen molar-refractivity contribution in [3.63, 3.8) is 0 Å². The predicted octanol–water partition coefficient (Wildman–Crippen LogP) is 3.46. The molecule has 0 aromatic heterocycles. The quantitative estimate of drug-likeness (QED) is 0.770. The zero-order valence-corrected chi connectivity index (χ0v) is 13.5. The number of carbonyl (C=O) groups excluding carboxylic acids is 1. The molecule has 2 amide bonds. The van der Waals surface area contributed by atoms with Crippen molar-refractivity contribution < 1.29 is 14.3 Å². The number of nitrogens with one attached hydrogen (secondary N) is 2. The number of benzene rings is 2. The molecular formula is C18H22N2O3. The fourth-order valence-electron chi connectivity index (χ4n) is 2.23. The Hall–Kier alpha value is -2.69. The van der Waals surface area contributed by atoms with Gasteiger partial charge in [-0.15, -0.1) is 0 Å². The molecule has 0 bridgehead atoms. The summed E-state index contributed by atoms with van der Waals surface area (Å²) in [5, 5.41) is 5.63. The number of anilines is 1. The monoisotopic (exact) mass is 314 g/mol. The van der Waals surface area contributed by atoms with Crippen LogP contribution in [-0.4, -0.2) is 26.8 Å². The molecule has 0 spiro atoms. The molecule has 0 radical (unpaired) electrons. The van der Waals surface area contributed by atoms with Crippen LogP contribution in [0.25, 0.3) is 0 Å². The lowest BCUT2D eigenvalue weighted by Gasteiger charge is -2.11. The Bertz CT molecular complexity index is 629. The minimum absolute atomic E-state index is 0.231. The molecule has 0 unspecified atom stereocenters. The standard InChI is InChI=1S/C18H22N2O3/c1-22-16-11-10-15(13-17(16)23-2)20-18(21)19-12-6-9-14-7-4-3-5-8-14/h3-5,7-8,10-11,13H,6,9,12H2,1-2H3,(H2,19,20,21). The van der Waals surface area contributed by atoms with Gasteiger partial charge in [-0.1, -0.05) is 30.3 Å². The fraction of sp³-hybridized carbons (Fsp3) is 0.278.